The number of nitrogens with zero attached hydrogens (tertiary/aromatic N) is 2. The largest absolute Gasteiger partial charge is 0.383 e. The smallest absolute Gasteiger partial charge is 0.162 e. The van der Waals surface area contributed by atoms with Crippen molar-refractivity contribution in [1.29, 1.82) is 0 Å². The van der Waals surface area contributed by atoms with E-state index in [0.717, 1.165) is 35.3 Å². The molecule has 0 saturated heterocycles. The van der Waals surface area contributed by atoms with Crippen molar-refractivity contribution in [3.8, 4) is 0 Å². The van der Waals surface area contributed by atoms with Crippen LogP contribution in [0, 0.1) is 0 Å². The van der Waals surface area contributed by atoms with Crippen LogP contribution in [0.3, 0.4) is 0 Å². The van der Waals surface area contributed by atoms with E-state index < -0.39 is 0 Å². The summed E-state index contributed by atoms with van der Waals surface area (Å²) in [6, 6.07) is 0. The fourth-order valence-electron chi connectivity index (χ4n) is 2.61. The van der Waals surface area contributed by atoms with E-state index in [1.165, 1.54) is 12.8 Å². The van der Waals surface area contributed by atoms with Gasteiger partial charge in [-0.05, 0) is 55.0 Å². The minimum atomic E-state index is -0.312. The average Bonchev–Trinajstić information content (AvgIpc) is 2.82. The predicted octanol–water partition coefficient (Wildman–Crippen LogP) is 3.19. The van der Waals surface area contributed by atoms with Crippen molar-refractivity contribution in [2.24, 2.45) is 0 Å². The van der Waals surface area contributed by atoms with Gasteiger partial charge in [0.25, 0.3) is 0 Å². The van der Waals surface area contributed by atoms with Crippen LogP contribution in [-0.2, 0) is 16.8 Å². The molecule has 0 atom stereocenters. The van der Waals surface area contributed by atoms with Crippen LogP contribution < -0.4 is 5.73 Å². The van der Waals surface area contributed by atoms with E-state index in [4.69, 9.17) is 10.5 Å². The third-order valence-electron chi connectivity index (χ3n) is 3.52. The van der Waals surface area contributed by atoms with Crippen LogP contribution in [-0.4, -0.2) is 16.6 Å². The first-order valence-electron chi connectivity index (χ1n) is 6.59. The lowest BCUT2D eigenvalue weighted by molar-refractivity contribution is -0.0457. The van der Waals surface area contributed by atoms with E-state index in [9.17, 15) is 0 Å². The van der Waals surface area contributed by atoms with Gasteiger partial charge in [0.2, 0.25) is 0 Å². The number of hydrogen-bond acceptors (Lipinski definition) is 4. The summed E-state index contributed by atoms with van der Waals surface area (Å²) in [5.41, 5.74) is 6.62. The van der Waals surface area contributed by atoms with E-state index in [0.29, 0.717) is 12.4 Å². The molecule has 1 heterocycles. The molecule has 1 aromatic rings. The first kappa shape index (κ1) is 13.7. The third kappa shape index (κ3) is 2.38. The van der Waals surface area contributed by atoms with Gasteiger partial charge in [-0.15, -0.1) is 0 Å². The Bertz CT molecular complexity index is 430. The molecule has 0 amide bonds. The Morgan fingerprint density at radius 3 is 2.50 bits per heavy atom. The van der Waals surface area contributed by atoms with Crippen molar-refractivity contribution in [3.05, 3.63) is 16.0 Å². The van der Waals surface area contributed by atoms with Crippen molar-refractivity contribution in [2.75, 3.05) is 12.3 Å². The van der Waals surface area contributed by atoms with E-state index in [-0.39, 0.29) is 5.60 Å². The molecule has 5 heteroatoms. The lowest BCUT2D eigenvalue weighted by atomic mass is 10.0. The molecule has 0 aromatic carbocycles. The number of ether oxygens (including phenoxy) is 1. The van der Waals surface area contributed by atoms with E-state index in [1.54, 1.807) is 0 Å². The average molecular weight is 314 g/mol. The topological polar surface area (TPSA) is 61.0 Å². The summed E-state index contributed by atoms with van der Waals surface area (Å²) in [4.78, 5) is 9.11. The summed E-state index contributed by atoms with van der Waals surface area (Å²) in [6.07, 6.45) is 5.15. The Kier molecular flexibility index (Phi) is 4.22. The van der Waals surface area contributed by atoms with Crippen LogP contribution in [0.25, 0.3) is 0 Å². The molecule has 0 aliphatic heterocycles. The van der Waals surface area contributed by atoms with E-state index in [2.05, 4.69) is 32.8 Å². The van der Waals surface area contributed by atoms with Crippen molar-refractivity contribution in [3.63, 3.8) is 0 Å². The number of nitrogens with two attached hydrogens (primary N) is 1. The van der Waals surface area contributed by atoms with Gasteiger partial charge < -0.3 is 10.5 Å². The Morgan fingerprint density at radius 1 is 1.28 bits per heavy atom. The number of aromatic nitrogens is 2. The maximum atomic E-state index is 5.97. The summed E-state index contributed by atoms with van der Waals surface area (Å²) < 4.78 is 6.79. The highest BCUT2D eigenvalue weighted by molar-refractivity contribution is 9.10. The van der Waals surface area contributed by atoms with Gasteiger partial charge in [0, 0.05) is 6.61 Å². The molecule has 0 bridgehead atoms. The molecule has 1 fully saturated rings. The normalized spacial score (nSPS) is 18.2. The molecule has 2 N–H and O–H groups in total. The van der Waals surface area contributed by atoms with Crippen LogP contribution in [0.2, 0.25) is 0 Å². The summed E-state index contributed by atoms with van der Waals surface area (Å²) >= 11 is 3.45. The van der Waals surface area contributed by atoms with Crippen LogP contribution in [0.4, 0.5) is 5.82 Å². The van der Waals surface area contributed by atoms with Gasteiger partial charge >= 0.3 is 0 Å². The minimum Gasteiger partial charge on any atom is -0.383 e. The van der Waals surface area contributed by atoms with Crippen molar-refractivity contribution in [1.82, 2.24) is 9.97 Å². The minimum absolute atomic E-state index is 0.312. The van der Waals surface area contributed by atoms with Gasteiger partial charge in [-0.1, -0.05) is 6.92 Å². The molecule has 1 aliphatic carbocycles. The van der Waals surface area contributed by atoms with Gasteiger partial charge in [0.1, 0.15) is 11.4 Å². The highest BCUT2D eigenvalue weighted by Crippen LogP contribution is 2.41. The molecule has 100 valence electrons. The maximum Gasteiger partial charge on any atom is 0.162 e. The second kappa shape index (κ2) is 5.53. The Labute approximate surface area is 116 Å². The zero-order valence-corrected chi connectivity index (χ0v) is 12.6. The maximum absolute atomic E-state index is 5.97. The van der Waals surface area contributed by atoms with Gasteiger partial charge in [-0.2, -0.15) is 0 Å². The van der Waals surface area contributed by atoms with Crippen molar-refractivity contribution < 1.29 is 4.74 Å². The predicted molar refractivity (Wildman–Crippen MR) is 75.3 cm³/mol. The Hall–Kier alpha value is -0.680. The molecular weight excluding hydrogens is 294 g/mol. The number of halogens is 1. The molecule has 0 unspecified atom stereocenters. The summed E-state index contributed by atoms with van der Waals surface area (Å²) in [5.74, 6) is 1.28. The fourth-order valence-corrected chi connectivity index (χ4v) is 3.06. The van der Waals surface area contributed by atoms with E-state index in [1.807, 2.05) is 6.92 Å². The third-order valence-corrected chi connectivity index (χ3v) is 4.38. The Morgan fingerprint density at radius 2 is 1.94 bits per heavy atom. The van der Waals surface area contributed by atoms with Crippen LogP contribution >= 0.6 is 15.9 Å². The number of nitrogen functional groups attached to an aromatic ring is 1. The van der Waals surface area contributed by atoms with Crippen molar-refractivity contribution in [2.45, 2.75) is 51.6 Å². The second-order valence-electron chi connectivity index (χ2n) is 4.68. The monoisotopic (exact) mass is 313 g/mol. The van der Waals surface area contributed by atoms with E-state index >= 15 is 0 Å². The number of hydrogen-bond donors (Lipinski definition) is 1. The molecule has 18 heavy (non-hydrogen) atoms. The Balaban J connectivity index is 2.45. The second-order valence-corrected chi connectivity index (χ2v) is 5.47. The highest BCUT2D eigenvalue weighted by atomic mass is 79.9. The standard InChI is InChI=1S/C13H20BrN3O/c1-3-9-10(14)11(15)17-12(16-9)13(18-4-2)7-5-6-8-13/h3-8H2,1-2H3,(H2,15,16,17). The first-order valence-corrected chi connectivity index (χ1v) is 7.38. The van der Waals surface area contributed by atoms with Gasteiger partial charge in [0.05, 0.1) is 10.2 Å². The van der Waals surface area contributed by atoms with Crippen LogP contribution in [0.5, 0.6) is 0 Å². The zero-order valence-electron chi connectivity index (χ0n) is 11.0. The number of anilines is 1. The fraction of sp³-hybridized carbons (Fsp3) is 0.692. The molecule has 0 spiro atoms. The summed E-state index contributed by atoms with van der Waals surface area (Å²) in [6.45, 7) is 4.77. The molecule has 1 aliphatic rings. The molecule has 0 radical (unpaired) electrons. The van der Waals surface area contributed by atoms with Gasteiger partial charge in [0.15, 0.2) is 5.82 Å². The quantitative estimate of drug-likeness (QED) is 0.927. The number of aryl methyl sites for hydroxylation is 1. The lowest BCUT2D eigenvalue weighted by Gasteiger charge is -2.28. The van der Waals surface area contributed by atoms with Crippen molar-refractivity contribution >= 4 is 21.7 Å². The number of rotatable bonds is 4. The summed E-state index contributed by atoms with van der Waals surface area (Å²) in [5, 5.41) is 0. The molecule has 1 aromatic heterocycles. The molecule has 2 rings (SSSR count). The molecule has 1 saturated carbocycles. The molecule has 4 nitrogen and oxygen atoms in total. The van der Waals surface area contributed by atoms with Crippen LogP contribution in [0.1, 0.15) is 51.0 Å². The zero-order chi connectivity index (χ0) is 13.2. The van der Waals surface area contributed by atoms with Gasteiger partial charge in [-0.3, -0.25) is 0 Å². The molecular formula is C13H20BrN3O. The van der Waals surface area contributed by atoms with Crippen LogP contribution in [0.15, 0.2) is 4.47 Å². The lowest BCUT2D eigenvalue weighted by Crippen LogP contribution is -2.29. The highest BCUT2D eigenvalue weighted by Gasteiger charge is 2.39. The SMILES string of the molecule is CCOC1(c2nc(N)c(Br)c(CC)n2)CCCC1. The summed E-state index contributed by atoms with van der Waals surface area (Å²) in [7, 11) is 0. The van der Waals surface area contributed by atoms with Gasteiger partial charge in [-0.25, -0.2) is 9.97 Å². The first-order chi connectivity index (χ1) is 8.63.